The Morgan fingerprint density at radius 2 is 2.04 bits per heavy atom. The SMILES string of the molecule is Cc1cnc(-c2nc(C3CCN(C(=O)c4csc(C)c4)CC3)no2)cn1. The summed E-state index contributed by atoms with van der Waals surface area (Å²) in [6.07, 6.45) is 4.97. The fourth-order valence-corrected chi connectivity index (χ4v) is 3.76. The Balaban J connectivity index is 1.40. The molecule has 1 aliphatic rings. The monoisotopic (exact) mass is 369 g/mol. The van der Waals surface area contributed by atoms with Crippen LogP contribution in [0.1, 0.15) is 45.5 Å². The van der Waals surface area contributed by atoms with E-state index in [1.807, 2.05) is 30.2 Å². The van der Waals surface area contributed by atoms with Crippen LogP contribution in [-0.4, -0.2) is 44.0 Å². The highest BCUT2D eigenvalue weighted by Gasteiger charge is 2.28. The quantitative estimate of drug-likeness (QED) is 0.705. The molecule has 8 heteroatoms. The van der Waals surface area contributed by atoms with Gasteiger partial charge >= 0.3 is 0 Å². The first-order chi connectivity index (χ1) is 12.6. The van der Waals surface area contributed by atoms with Gasteiger partial charge in [0.2, 0.25) is 0 Å². The normalized spacial score (nSPS) is 15.4. The van der Waals surface area contributed by atoms with Crippen molar-refractivity contribution in [2.24, 2.45) is 0 Å². The van der Waals surface area contributed by atoms with Crippen LogP contribution in [0.3, 0.4) is 0 Å². The van der Waals surface area contributed by atoms with Crippen molar-refractivity contribution in [3.63, 3.8) is 0 Å². The topological polar surface area (TPSA) is 85.0 Å². The van der Waals surface area contributed by atoms with Crippen LogP contribution < -0.4 is 0 Å². The molecule has 1 fully saturated rings. The maximum absolute atomic E-state index is 12.5. The minimum atomic E-state index is 0.108. The second kappa shape index (κ2) is 6.95. The molecule has 134 valence electrons. The van der Waals surface area contributed by atoms with Crippen molar-refractivity contribution in [2.75, 3.05) is 13.1 Å². The molecule has 0 atom stereocenters. The Bertz CT molecular complexity index is 910. The zero-order valence-corrected chi connectivity index (χ0v) is 15.5. The molecule has 0 N–H and O–H groups in total. The molecule has 0 saturated carbocycles. The third-order valence-corrected chi connectivity index (χ3v) is 5.43. The van der Waals surface area contributed by atoms with Crippen LogP contribution in [0.25, 0.3) is 11.6 Å². The van der Waals surface area contributed by atoms with Crippen LogP contribution >= 0.6 is 11.3 Å². The number of amides is 1. The van der Waals surface area contributed by atoms with Gasteiger partial charge in [0, 0.05) is 35.5 Å². The molecule has 0 spiro atoms. The zero-order chi connectivity index (χ0) is 18.1. The van der Waals surface area contributed by atoms with Gasteiger partial charge < -0.3 is 9.42 Å². The number of carbonyl (C=O) groups is 1. The minimum Gasteiger partial charge on any atom is -0.339 e. The molecular formula is C18H19N5O2S. The summed E-state index contributed by atoms with van der Waals surface area (Å²) in [7, 11) is 0. The molecule has 3 aromatic rings. The lowest BCUT2D eigenvalue weighted by atomic mass is 9.96. The zero-order valence-electron chi connectivity index (χ0n) is 14.7. The summed E-state index contributed by atoms with van der Waals surface area (Å²) in [6, 6.07) is 1.95. The third-order valence-electron chi connectivity index (χ3n) is 4.57. The number of likely N-dealkylation sites (tertiary alicyclic amines) is 1. The van der Waals surface area contributed by atoms with Gasteiger partial charge in [0.1, 0.15) is 5.69 Å². The van der Waals surface area contributed by atoms with Crippen LogP contribution in [0.15, 0.2) is 28.4 Å². The lowest BCUT2D eigenvalue weighted by Crippen LogP contribution is -2.37. The van der Waals surface area contributed by atoms with Crippen molar-refractivity contribution in [3.05, 3.63) is 45.8 Å². The van der Waals surface area contributed by atoms with E-state index in [9.17, 15) is 4.79 Å². The first kappa shape index (κ1) is 16.8. The first-order valence-electron chi connectivity index (χ1n) is 8.57. The fraction of sp³-hybridized carbons (Fsp3) is 0.389. The van der Waals surface area contributed by atoms with Crippen LogP contribution in [-0.2, 0) is 0 Å². The molecule has 1 aliphatic heterocycles. The number of hydrogen-bond acceptors (Lipinski definition) is 7. The second-order valence-corrected chi connectivity index (χ2v) is 7.63. The van der Waals surface area contributed by atoms with Gasteiger partial charge in [-0.25, -0.2) is 4.98 Å². The van der Waals surface area contributed by atoms with Gasteiger partial charge in [0.25, 0.3) is 11.8 Å². The summed E-state index contributed by atoms with van der Waals surface area (Å²) in [6.45, 7) is 5.29. The molecule has 0 aliphatic carbocycles. The number of rotatable bonds is 3. The van der Waals surface area contributed by atoms with Crippen LogP contribution in [0.5, 0.6) is 0 Å². The van der Waals surface area contributed by atoms with E-state index < -0.39 is 0 Å². The Morgan fingerprint density at radius 1 is 1.23 bits per heavy atom. The van der Waals surface area contributed by atoms with Crippen LogP contribution in [0.4, 0.5) is 0 Å². The third kappa shape index (κ3) is 3.37. The average Bonchev–Trinajstić information content (AvgIpc) is 3.31. The molecule has 7 nitrogen and oxygen atoms in total. The van der Waals surface area contributed by atoms with Gasteiger partial charge in [-0.1, -0.05) is 5.16 Å². The largest absolute Gasteiger partial charge is 0.339 e. The average molecular weight is 369 g/mol. The minimum absolute atomic E-state index is 0.108. The van der Waals surface area contributed by atoms with E-state index in [0.717, 1.165) is 29.0 Å². The molecule has 0 unspecified atom stereocenters. The molecule has 26 heavy (non-hydrogen) atoms. The summed E-state index contributed by atoms with van der Waals surface area (Å²) in [4.78, 5) is 28.6. The van der Waals surface area contributed by atoms with E-state index >= 15 is 0 Å². The van der Waals surface area contributed by atoms with E-state index in [0.29, 0.717) is 30.5 Å². The highest BCUT2D eigenvalue weighted by molar-refractivity contribution is 7.10. The highest BCUT2D eigenvalue weighted by atomic mass is 32.1. The number of carbonyl (C=O) groups excluding carboxylic acids is 1. The van der Waals surface area contributed by atoms with Crippen molar-refractivity contribution < 1.29 is 9.32 Å². The number of thiophene rings is 1. The molecule has 0 bridgehead atoms. The Morgan fingerprint density at radius 3 is 2.69 bits per heavy atom. The van der Waals surface area contributed by atoms with Crippen molar-refractivity contribution in [3.8, 4) is 11.6 Å². The molecule has 1 saturated heterocycles. The maximum atomic E-state index is 12.5. The van der Waals surface area contributed by atoms with Crippen molar-refractivity contribution in [2.45, 2.75) is 32.6 Å². The molecule has 3 aromatic heterocycles. The van der Waals surface area contributed by atoms with Gasteiger partial charge in [-0.15, -0.1) is 11.3 Å². The smallest absolute Gasteiger partial charge is 0.278 e. The lowest BCUT2D eigenvalue weighted by Gasteiger charge is -2.30. The Kier molecular flexibility index (Phi) is 4.50. The van der Waals surface area contributed by atoms with E-state index in [1.165, 1.54) is 0 Å². The number of aryl methyl sites for hydroxylation is 2. The Labute approximate surface area is 155 Å². The molecule has 4 heterocycles. The number of piperidine rings is 1. The molecule has 0 aromatic carbocycles. The fourth-order valence-electron chi connectivity index (χ4n) is 3.09. The van der Waals surface area contributed by atoms with Crippen LogP contribution in [0, 0.1) is 13.8 Å². The molecule has 4 rings (SSSR count). The number of aromatic nitrogens is 4. The van der Waals surface area contributed by atoms with Gasteiger partial charge in [-0.3, -0.25) is 9.78 Å². The molecular weight excluding hydrogens is 350 g/mol. The summed E-state index contributed by atoms with van der Waals surface area (Å²) in [5, 5.41) is 6.04. The maximum Gasteiger partial charge on any atom is 0.278 e. The summed E-state index contributed by atoms with van der Waals surface area (Å²) >= 11 is 1.60. The van der Waals surface area contributed by atoms with Crippen molar-refractivity contribution in [1.82, 2.24) is 25.0 Å². The van der Waals surface area contributed by atoms with Crippen molar-refractivity contribution >= 4 is 17.2 Å². The van der Waals surface area contributed by atoms with E-state index in [-0.39, 0.29) is 11.8 Å². The standard InChI is InChI=1S/C18H19N5O2S/c1-11-8-20-15(9-19-11)17-21-16(22-25-17)13-3-5-23(6-4-13)18(24)14-7-12(2)26-10-14/h7-10,13H,3-6H2,1-2H3. The first-order valence-corrected chi connectivity index (χ1v) is 9.45. The van der Waals surface area contributed by atoms with Gasteiger partial charge in [0.15, 0.2) is 5.82 Å². The molecule has 0 radical (unpaired) electrons. The molecule has 1 amide bonds. The van der Waals surface area contributed by atoms with Gasteiger partial charge in [-0.2, -0.15) is 4.98 Å². The second-order valence-electron chi connectivity index (χ2n) is 6.51. The van der Waals surface area contributed by atoms with Gasteiger partial charge in [0.05, 0.1) is 17.5 Å². The predicted molar refractivity (Wildman–Crippen MR) is 97.0 cm³/mol. The summed E-state index contributed by atoms with van der Waals surface area (Å²) in [5.74, 6) is 1.37. The number of nitrogens with zero attached hydrogens (tertiary/aromatic N) is 5. The Hall–Kier alpha value is -2.61. The van der Waals surface area contributed by atoms with E-state index in [2.05, 4.69) is 20.1 Å². The summed E-state index contributed by atoms with van der Waals surface area (Å²) in [5.41, 5.74) is 2.20. The summed E-state index contributed by atoms with van der Waals surface area (Å²) < 4.78 is 5.35. The lowest BCUT2D eigenvalue weighted by molar-refractivity contribution is 0.0711. The predicted octanol–water partition coefficient (Wildman–Crippen LogP) is 3.22. The van der Waals surface area contributed by atoms with E-state index in [4.69, 9.17) is 4.52 Å². The highest BCUT2D eigenvalue weighted by Crippen LogP contribution is 2.28. The van der Waals surface area contributed by atoms with Crippen molar-refractivity contribution in [1.29, 1.82) is 0 Å². The van der Waals surface area contributed by atoms with E-state index in [1.54, 1.807) is 23.7 Å². The van der Waals surface area contributed by atoms with Crippen LogP contribution in [0.2, 0.25) is 0 Å². The number of hydrogen-bond donors (Lipinski definition) is 0. The van der Waals surface area contributed by atoms with Gasteiger partial charge in [-0.05, 0) is 32.8 Å².